The highest BCUT2D eigenvalue weighted by Crippen LogP contribution is 2.32. The molecule has 0 fully saturated rings. The first-order valence-corrected chi connectivity index (χ1v) is 10.2. The van der Waals surface area contributed by atoms with Gasteiger partial charge in [0.05, 0.1) is 12.6 Å². The Labute approximate surface area is 179 Å². The molecule has 3 aromatic rings. The molecule has 0 bridgehead atoms. The third-order valence-corrected chi connectivity index (χ3v) is 5.59. The monoisotopic (exact) mass is 399 g/mol. The fraction of sp³-hybridized carbons (Fsp3) is 0.259. The van der Waals surface area contributed by atoms with Crippen molar-refractivity contribution in [2.75, 3.05) is 13.6 Å². The van der Waals surface area contributed by atoms with Crippen LogP contribution in [0.4, 0.5) is 0 Å². The van der Waals surface area contributed by atoms with Crippen LogP contribution in [0.3, 0.4) is 0 Å². The van der Waals surface area contributed by atoms with Gasteiger partial charge < -0.3 is 10.2 Å². The van der Waals surface area contributed by atoms with Crippen LogP contribution in [-0.2, 0) is 5.60 Å². The van der Waals surface area contributed by atoms with E-state index in [0.717, 1.165) is 16.7 Å². The lowest BCUT2D eigenvalue weighted by Crippen LogP contribution is -2.34. The molecule has 0 aromatic heterocycles. The van der Waals surface area contributed by atoms with Gasteiger partial charge in [-0.25, -0.2) is 0 Å². The van der Waals surface area contributed by atoms with E-state index in [1.165, 1.54) is 0 Å². The standard InChI is InChI=1S/C27H29NO2/c1-22(26(29)23-14-6-3-7-15-23)28(2)21-13-12-20-27(30,24-16-8-4-9-17-24)25-18-10-5-11-19-25/h3-11,14-19,22,26,29-30H,20-21H2,1-2H3. The number of benzene rings is 3. The van der Waals surface area contributed by atoms with Crippen molar-refractivity contribution in [2.45, 2.75) is 31.1 Å². The van der Waals surface area contributed by atoms with E-state index >= 15 is 0 Å². The largest absolute Gasteiger partial charge is 0.387 e. The second kappa shape index (κ2) is 10.2. The molecule has 0 aliphatic heterocycles. The van der Waals surface area contributed by atoms with Crippen molar-refractivity contribution in [3.05, 3.63) is 108 Å². The first-order valence-electron chi connectivity index (χ1n) is 10.2. The summed E-state index contributed by atoms with van der Waals surface area (Å²) >= 11 is 0. The van der Waals surface area contributed by atoms with Crippen LogP contribution in [0.1, 0.15) is 36.1 Å². The number of nitrogens with zero attached hydrogens (tertiary/aromatic N) is 1. The van der Waals surface area contributed by atoms with Crippen molar-refractivity contribution < 1.29 is 10.2 Å². The lowest BCUT2D eigenvalue weighted by atomic mass is 9.84. The van der Waals surface area contributed by atoms with Gasteiger partial charge in [0.25, 0.3) is 0 Å². The topological polar surface area (TPSA) is 43.7 Å². The maximum Gasteiger partial charge on any atom is 0.125 e. The van der Waals surface area contributed by atoms with Gasteiger partial charge in [0.1, 0.15) is 5.60 Å². The molecule has 0 saturated carbocycles. The van der Waals surface area contributed by atoms with Gasteiger partial charge in [0.15, 0.2) is 0 Å². The predicted octanol–water partition coefficient (Wildman–Crippen LogP) is 4.37. The minimum Gasteiger partial charge on any atom is -0.387 e. The van der Waals surface area contributed by atoms with Crippen LogP contribution in [0.2, 0.25) is 0 Å². The average Bonchev–Trinajstić information content (AvgIpc) is 2.82. The Balaban J connectivity index is 1.70. The maximum absolute atomic E-state index is 11.5. The van der Waals surface area contributed by atoms with Crippen LogP contribution in [0, 0.1) is 11.8 Å². The molecule has 0 spiro atoms. The highest BCUT2D eigenvalue weighted by molar-refractivity contribution is 5.37. The van der Waals surface area contributed by atoms with Crippen LogP contribution < -0.4 is 0 Å². The van der Waals surface area contributed by atoms with E-state index in [0.29, 0.717) is 13.0 Å². The van der Waals surface area contributed by atoms with Gasteiger partial charge in [-0.3, -0.25) is 4.90 Å². The number of hydrogen-bond donors (Lipinski definition) is 2. The summed E-state index contributed by atoms with van der Waals surface area (Å²) in [6.07, 6.45) is -0.284. The minimum absolute atomic E-state index is 0.0798. The van der Waals surface area contributed by atoms with Gasteiger partial charge in [-0.15, -0.1) is 0 Å². The van der Waals surface area contributed by atoms with E-state index in [9.17, 15) is 10.2 Å². The Bertz CT molecular complexity index is 922. The molecule has 30 heavy (non-hydrogen) atoms. The zero-order valence-corrected chi connectivity index (χ0v) is 17.6. The second-order valence-corrected chi connectivity index (χ2v) is 7.63. The number of aliphatic hydroxyl groups is 2. The highest BCUT2D eigenvalue weighted by atomic mass is 16.3. The van der Waals surface area contributed by atoms with Crippen molar-refractivity contribution in [3.8, 4) is 11.8 Å². The molecule has 0 aliphatic carbocycles. The Morgan fingerprint density at radius 3 is 1.77 bits per heavy atom. The molecule has 0 amide bonds. The summed E-state index contributed by atoms with van der Waals surface area (Å²) in [6.45, 7) is 2.49. The van der Waals surface area contributed by atoms with Crippen LogP contribution in [-0.4, -0.2) is 34.7 Å². The number of hydrogen-bond acceptors (Lipinski definition) is 3. The highest BCUT2D eigenvalue weighted by Gasteiger charge is 2.30. The van der Waals surface area contributed by atoms with Gasteiger partial charge in [0, 0.05) is 12.5 Å². The SMILES string of the molecule is CC(C(O)c1ccccc1)N(C)CC#CCC(O)(c1ccccc1)c1ccccc1. The van der Waals surface area contributed by atoms with Gasteiger partial charge in [-0.1, -0.05) is 103 Å². The molecular formula is C27H29NO2. The molecule has 3 nitrogen and oxygen atoms in total. The summed E-state index contributed by atoms with van der Waals surface area (Å²) in [4.78, 5) is 2.02. The Hall–Kier alpha value is -2.90. The molecule has 3 heteroatoms. The zero-order valence-electron chi connectivity index (χ0n) is 17.6. The van der Waals surface area contributed by atoms with Crippen molar-refractivity contribution in [1.82, 2.24) is 4.90 Å². The number of likely N-dealkylation sites (N-methyl/N-ethyl adjacent to an activating group) is 1. The average molecular weight is 400 g/mol. The van der Waals surface area contributed by atoms with E-state index in [1.807, 2.05) is 110 Å². The Morgan fingerprint density at radius 1 is 0.800 bits per heavy atom. The summed E-state index contributed by atoms with van der Waals surface area (Å²) < 4.78 is 0. The van der Waals surface area contributed by atoms with Gasteiger partial charge in [-0.05, 0) is 30.7 Å². The Kier molecular flexibility index (Phi) is 7.43. The molecule has 3 rings (SSSR count). The molecule has 2 N–H and O–H groups in total. The first kappa shape index (κ1) is 21.8. The van der Waals surface area contributed by atoms with Crippen molar-refractivity contribution >= 4 is 0 Å². The van der Waals surface area contributed by atoms with Crippen LogP contribution in [0.25, 0.3) is 0 Å². The molecule has 0 heterocycles. The molecule has 2 atom stereocenters. The molecule has 154 valence electrons. The quantitative estimate of drug-likeness (QED) is 0.580. The molecule has 0 radical (unpaired) electrons. The number of rotatable bonds is 7. The third-order valence-electron chi connectivity index (χ3n) is 5.59. The lowest BCUT2D eigenvalue weighted by Gasteiger charge is -2.28. The van der Waals surface area contributed by atoms with Crippen LogP contribution in [0.5, 0.6) is 0 Å². The maximum atomic E-state index is 11.5. The molecular weight excluding hydrogens is 370 g/mol. The van der Waals surface area contributed by atoms with E-state index in [2.05, 4.69) is 11.8 Å². The van der Waals surface area contributed by atoms with Crippen molar-refractivity contribution in [1.29, 1.82) is 0 Å². The van der Waals surface area contributed by atoms with Gasteiger partial charge >= 0.3 is 0 Å². The summed E-state index contributed by atoms with van der Waals surface area (Å²) in [5.74, 6) is 6.34. The minimum atomic E-state index is -1.16. The van der Waals surface area contributed by atoms with Crippen LogP contribution in [0.15, 0.2) is 91.0 Å². The number of aliphatic hydroxyl groups excluding tert-OH is 1. The predicted molar refractivity (Wildman–Crippen MR) is 122 cm³/mol. The molecule has 3 aromatic carbocycles. The van der Waals surface area contributed by atoms with E-state index in [-0.39, 0.29) is 6.04 Å². The third kappa shape index (κ3) is 5.17. The smallest absolute Gasteiger partial charge is 0.125 e. The van der Waals surface area contributed by atoms with E-state index < -0.39 is 11.7 Å². The Morgan fingerprint density at radius 2 is 1.27 bits per heavy atom. The van der Waals surface area contributed by atoms with Crippen molar-refractivity contribution in [2.24, 2.45) is 0 Å². The van der Waals surface area contributed by atoms with Crippen molar-refractivity contribution in [3.63, 3.8) is 0 Å². The normalized spacial score (nSPS) is 13.4. The van der Waals surface area contributed by atoms with E-state index in [4.69, 9.17) is 0 Å². The summed E-state index contributed by atoms with van der Waals surface area (Å²) in [7, 11) is 1.95. The summed E-state index contributed by atoms with van der Waals surface area (Å²) in [6, 6.07) is 28.9. The second-order valence-electron chi connectivity index (χ2n) is 7.63. The first-order chi connectivity index (χ1) is 14.5. The van der Waals surface area contributed by atoms with Gasteiger partial charge in [0.2, 0.25) is 0 Å². The summed E-state index contributed by atoms with van der Waals surface area (Å²) in [5, 5.41) is 22.1. The molecule has 0 saturated heterocycles. The van der Waals surface area contributed by atoms with Crippen LogP contribution >= 0.6 is 0 Å². The van der Waals surface area contributed by atoms with Gasteiger partial charge in [-0.2, -0.15) is 0 Å². The molecule has 0 aliphatic rings. The summed E-state index contributed by atoms with van der Waals surface area (Å²) in [5.41, 5.74) is 1.38. The fourth-order valence-electron chi connectivity index (χ4n) is 3.48. The molecule has 2 unspecified atom stereocenters. The fourth-order valence-corrected chi connectivity index (χ4v) is 3.48. The zero-order chi connectivity index (χ0) is 21.4. The lowest BCUT2D eigenvalue weighted by molar-refractivity contribution is 0.0791. The van der Waals surface area contributed by atoms with E-state index in [1.54, 1.807) is 0 Å².